The molecule has 0 aromatic heterocycles. The summed E-state index contributed by atoms with van der Waals surface area (Å²) in [5.74, 6) is 0.137. The summed E-state index contributed by atoms with van der Waals surface area (Å²) in [6, 6.07) is -0.475. The summed E-state index contributed by atoms with van der Waals surface area (Å²) in [6.45, 7) is 9.49. The Morgan fingerprint density at radius 2 is 1.81 bits per heavy atom. The van der Waals surface area contributed by atoms with Gasteiger partial charge < -0.3 is 10.1 Å². The smallest absolute Gasteiger partial charge is 0.407 e. The molecule has 0 aromatic rings. The van der Waals surface area contributed by atoms with Crippen LogP contribution in [0.1, 0.15) is 41.0 Å². The minimum absolute atomic E-state index is 0.0345. The van der Waals surface area contributed by atoms with Crippen molar-refractivity contribution in [2.45, 2.75) is 47.1 Å². The third kappa shape index (κ3) is 4.21. The fourth-order valence-corrected chi connectivity index (χ4v) is 1.35. The Labute approximate surface area is 97.7 Å². The van der Waals surface area contributed by atoms with Crippen molar-refractivity contribution in [3.8, 4) is 0 Å². The summed E-state index contributed by atoms with van der Waals surface area (Å²) in [7, 11) is 1.30. The molecule has 0 rings (SSSR count). The zero-order valence-corrected chi connectivity index (χ0v) is 11.1. The first kappa shape index (κ1) is 14.9. The van der Waals surface area contributed by atoms with Crippen LogP contribution < -0.4 is 5.32 Å². The minimum atomic E-state index is -0.553. The van der Waals surface area contributed by atoms with E-state index in [-0.39, 0.29) is 11.7 Å². The van der Waals surface area contributed by atoms with Crippen molar-refractivity contribution >= 4 is 11.9 Å². The Balaban J connectivity index is 4.81. The highest BCUT2D eigenvalue weighted by Gasteiger charge is 2.33. The third-order valence-corrected chi connectivity index (χ3v) is 2.69. The number of ketones is 1. The van der Waals surface area contributed by atoms with Gasteiger partial charge in [0.25, 0.3) is 0 Å². The van der Waals surface area contributed by atoms with Gasteiger partial charge in [0, 0.05) is 5.41 Å². The molecule has 2 unspecified atom stereocenters. The fraction of sp³-hybridized carbons (Fsp3) is 0.833. The first-order chi connectivity index (χ1) is 7.23. The van der Waals surface area contributed by atoms with Gasteiger partial charge in [-0.15, -0.1) is 0 Å². The summed E-state index contributed by atoms with van der Waals surface area (Å²) in [4.78, 5) is 23.3. The number of hydrogen-bond acceptors (Lipinski definition) is 3. The molecule has 4 nitrogen and oxygen atoms in total. The summed E-state index contributed by atoms with van der Waals surface area (Å²) in [5.41, 5.74) is -0.463. The average Bonchev–Trinajstić information content (AvgIpc) is 2.22. The average molecular weight is 229 g/mol. The molecule has 0 saturated carbocycles. The molecule has 1 N–H and O–H groups in total. The van der Waals surface area contributed by atoms with Crippen LogP contribution in [0.3, 0.4) is 0 Å². The molecular weight excluding hydrogens is 206 g/mol. The van der Waals surface area contributed by atoms with E-state index in [0.29, 0.717) is 0 Å². The molecule has 94 valence electrons. The zero-order valence-electron chi connectivity index (χ0n) is 11.1. The Morgan fingerprint density at radius 1 is 1.31 bits per heavy atom. The molecule has 0 fully saturated rings. The third-order valence-electron chi connectivity index (χ3n) is 2.69. The highest BCUT2D eigenvalue weighted by molar-refractivity contribution is 5.91. The first-order valence-electron chi connectivity index (χ1n) is 5.62. The van der Waals surface area contributed by atoms with Crippen LogP contribution in [0.4, 0.5) is 4.79 Å². The molecule has 4 heteroatoms. The van der Waals surface area contributed by atoms with Crippen LogP contribution in [0.5, 0.6) is 0 Å². The van der Waals surface area contributed by atoms with Crippen molar-refractivity contribution in [2.75, 3.05) is 7.11 Å². The highest BCUT2D eigenvalue weighted by atomic mass is 16.5. The maximum atomic E-state index is 12.1. The van der Waals surface area contributed by atoms with Crippen molar-refractivity contribution in [3.05, 3.63) is 0 Å². The lowest BCUT2D eigenvalue weighted by Crippen LogP contribution is -2.49. The molecule has 0 aliphatic heterocycles. The number of amides is 1. The largest absolute Gasteiger partial charge is 0.453 e. The van der Waals surface area contributed by atoms with Crippen LogP contribution >= 0.6 is 0 Å². The maximum Gasteiger partial charge on any atom is 0.407 e. The monoisotopic (exact) mass is 229 g/mol. The Kier molecular flexibility index (Phi) is 5.48. The molecule has 2 atom stereocenters. The number of alkyl carbamates (subject to hydrolysis) is 1. The molecule has 0 aliphatic rings. The van der Waals surface area contributed by atoms with Crippen molar-refractivity contribution in [1.29, 1.82) is 0 Å². The van der Waals surface area contributed by atoms with Crippen LogP contribution in [0.25, 0.3) is 0 Å². The standard InChI is InChI=1S/C12H23NO3/c1-7-8(2)9(13-11(15)16-6)10(14)12(3,4)5/h8-9H,7H2,1-6H3,(H,13,15). The molecule has 0 saturated heterocycles. The van der Waals surface area contributed by atoms with Crippen LogP contribution in [0, 0.1) is 11.3 Å². The van der Waals surface area contributed by atoms with E-state index in [9.17, 15) is 9.59 Å². The van der Waals surface area contributed by atoms with E-state index in [0.717, 1.165) is 6.42 Å². The van der Waals surface area contributed by atoms with Crippen molar-refractivity contribution < 1.29 is 14.3 Å². The lowest BCUT2D eigenvalue weighted by Gasteiger charge is -2.28. The van der Waals surface area contributed by atoms with Gasteiger partial charge in [-0.3, -0.25) is 4.79 Å². The van der Waals surface area contributed by atoms with Crippen LogP contribution in [-0.2, 0) is 9.53 Å². The molecule has 0 radical (unpaired) electrons. The zero-order chi connectivity index (χ0) is 12.9. The van der Waals surface area contributed by atoms with E-state index < -0.39 is 17.6 Å². The van der Waals surface area contributed by atoms with Crippen LogP contribution in [0.15, 0.2) is 0 Å². The highest BCUT2D eigenvalue weighted by Crippen LogP contribution is 2.21. The van der Waals surface area contributed by atoms with Crippen molar-refractivity contribution in [2.24, 2.45) is 11.3 Å². The van der Waals surface area contributed by atoms with Gasteiger partial charge in [-0.25, -0.2) is 4.79 Å². The van der Waals surface area contributed by atoms with Gasteiger partial charge in [-0.2, -0.15) is 0 Å². The van der Waals surface area contributed by atoms with Gasteiger partial charge in [0.05, 0.1) is 13.2 Å². The molecule has 0 aliphatic carbocycles. The van der Waals surface area contributed by atoms with Gasteiger partial charge >= 0.3 is 6.09 Å². The molecule has 0 spiro atoms. The van der Waals surface area contributed by atoms with Crippen LogP contribution in [0.2, 0.25) is 0 Å². The Hall–Kier alpha value is -1.06. The lowest BCUT2D eigenvalue weighted by molar-refractivity contribution is -0.129. The Morgan fingerprint density at radius 3 is 2.12 bits per heavy atom. The molecule has 1 amide bonds. The minimum Gasteiger partial charge on any atom is -0.453 e. The van der Waals surface area contributed by atoms with E-state index in [2.05, 4.69) is 10.1 Å². The first-order valence-corrected chi connectivity index (χ1v) is 5.62. The van der Waals surface area contributed by atoms with E-state index >= 15 is 0 Å². The Bertz CT molecular complexity index is 255. The topological polar surface area (TPSA) is 55.4 Å². The van der Waals surface area contributed by atoms with Crippen molar-refractivity contribution in [1.82, 2.24) is 5.32 Å². The molecule has 0 aromatic carbocycles. The van der Waals surface area contributed by atoms with E-state index in [1.807, 2.05) is 34.6 Å². The maximum absolute atomic E-state index is 12.1. The SMILES string of the molecule is CCC(C)C(NC(=O)OC)C(=O)C(C)(C)C. The number of hydrogen-bond donors (Lipinski definition) is 1. The molecular formula is C12H23NO3. The number of ether oxygens (including phenoxy) is 1. The predicted molar refractivity (Wildman–Crippen MR) is 63.2 cm³/mol. The predicted octanol–water partition coefficient (Wildman–Crippen LogP) is 2.37. The van der Waals surface area contributed by atoms with E-state index in [4.69, 9.17) is 0 Å². The summed E-state index contributed by atoms with van der Waals surface area (Å²) in [5, 5.41) is 2.61. The molecule has 0 bridgehead atoms. The van der Waals surface area contributed by atoms with Gasteiger partial charge in [0.15, 0.2) is 5.78 Å². The van der Waals surface area contributed by atoms with Gasteiger partial charge in [0.1, 0.15) is 0 Å². The molecule has 16 heavy (non-hydrogen) atoms. The number of carbonyl (C=O) groups is 2. The normalized spacial score (nSPS) is 15.1. The number of Topliss-reactive ketones (excluding diaryl/α,β-unsaturated/α-hetero) is 1. The second kappa shape index (κ2) is 5.87. The van der Waals surface area contributed by atoms with Crippen LogP contribution in [-0.4, -0.2) is 25.0 Å². The molecule has 0 heterocycles. The lowest BCUT2D eigenvalue weighted by atomic mass is 9.81. The number of methoxy groups -OCH3 is 1. The van der Waals surface area contributed by atoms with Gasteiger partial charge in [-0.1, -0.05) is 41.0 Å². The summed E-state index contributed by atoms with van der Waals surface area (Å²) in [6.07, 6.45) is 0.277. The second-order valence-electron chi connectivity index (χ2n) is 5.11. The quantitative estimate of drug-likeness (QED) is 0.805. The van der Waals surface area contributed by atoms with Crippen molar-refractivity contribution in [3.63, 3.8) is 0 Å². The van der Waals surface area contributed by atoms with Gasteiger partial charge in [0.2, 0.25) is 0 Å². The summed E-state index contributed by atoms with van der Waals surface area (Å²) < 4.78 is 4.54. The number of carbonyl (C=O) groups excluding carboxylic acids is 2. The summed E-state index contributed by atoms with van der Waals surface area (Å²) >= 11 is 0. The van der Waals surface area contributed by atoms with E-state index in [1.165, 1.54) is 7.11 Å². The van der Waals surface area contributed by atoms with Gasteiger partial charge in [-0.05, 0) is 5.92 Å². The second-order valence-corrected chi connectivity index (χ2v) is 5.11. The fourth-order valence-electron chi connectivity index (χ4n) is 1.35. The van der Waals surface area contributed by atoms with E-state index in [1.54, 1.807) is 0 Å². The number of rotatable bonds is 4. The number of nitrogens with one attached hydrogen (secondary N) is 1.